The Labute approximate surface area is 91.5 Å². The molecule has 0 spiro atoms. The van der Waals surface area contributed by atoms with Gasteiger partial charge in [0.2, 0.25) is 0 Å². The van der Waals surface area contributed by atoms with Gasteiger partial charge >= 0.3 is 23.1 Å². The second kappa shape index (κ2) is 13.4. The third kappa shape index (κ3) is 13.7. The predicted octanol–water partition coefficient (Wildman–Crippen LogP) is 3.18. The lowest BCUT2D eigenvalue weighted by Gasteiger charge is -1.94. The molecule has 0 N–H and O–H groups in total. The lowest BCUT2D eigenvalue weighted by molar-refractivity contribution is 0.637. The van der Waals surface area contributed by atoms with Crippen molar-refractivity contribution in [3.63, 3.8) is 0 Å². The molecule has 0 aromatic carbocycles. The van der Waals surface area contributed by atoms with Crippen molar-refractivity contribution in [1.29, 1.82) is 0 Å². The third-order valence-corrected chi connectivity index (χ3v) is 1.74. The van der Waals surface area contributed by atoms with E-state index in [0.717, 1.165) is 6.42 Å². The number of unbranched alkanes of at least 4 members (excludes halogenated alkanes) is 5. The average molecular weight is 187 g/mol. The summed E-state index contributed by atoms with van der Waals surface area (Å²) in [5.41, 5.74) is 1.61. The third-order valence-electron chi connectivity index (χ3n) is 1.56. The van der Waals surface area contributed by atoms with Gasteiger partial charge in [-0.3, -0.25) is 0 Å². The molecule has 0 atom stereocenters. The van der Waals surface area contributed by atoms with Crippen molar-refractivity contribution < 1.29 is 0 Å². The summed E-state index contributed by atoms with van der Waals surface area (Å²) >= 11 is 5.36. The second-order valence-corrected chi connectivity index (χ2v) is 2.82. The highest BCUT2D eigenvalue weighted by Crippen LogP contribution is 2.05. The standard InChI is InChI=1S/C9H17Cl.Mg.2H/c1-2-3-4-5-6-7-8-9-10;;;/h8-9H,2-7H2,1H3;;;/b9-8+;;;. The Morgan fingerprint density at radius 3 is 2.27 bits per heavy atom. The first-order chi connectivity index (χ1) is 4.91. The second-order valence-electron chi connectivity index (χ2n) is 2.56. The van der Waals surface area contributed by atoms with Crippen LogP contribution >= 0.6 is 11.6 Å². The molecular weight excluding hydrogens is 168 g/mol. The Balaban J connectivity index is 0. The molecule has 0 amide bonds. The minimum atomic E-state index is 0. The van der Waals surface area contributed by atoms with Crippen LogP contribution < -0.4 is 0 Å². The van der Waals surface area contributed by atoms with Gasteiger partial charge in [0.05, 0.1) is 0 Å². The fourth-order valence-corrected chi connectivity index (χ4v) is 1.05. The van der Waals surface area contributed by atoms with Crippen molar-refractivity contribution in [2.45, 2.75) is 45.4 Å². The number of hydrogen-bond acceptors (Lipinski definition) is 0. The Hall–Kier alpha value is 0.796. The van der Waals surface area contributed by atoms with E-state index in [0.29, 0.717) is 0 Å². The van der Waals surface area contributed by atoms with Crippen LogP contribution in [0.25, 0.3) is 0 Å². The maximum absolute atomic E-state index is 5.36. The van der Waals surface area contributed by atoms with Crippen molar-refractivity contribution in [1.82, 2.24) is 0 Å². The van der Waals surface area contributed by atoms with E-state index in [2.05, 4.69) is 6.92 Å². The molecule has 0 radical (unpaired) electrons. The molecule has 0 aliphatic carbocycles. The zero-order valence-corrected chi connectivity index (χ0v) is 7.53. The molecule has 0 aromatic heterocycles. The summed E-state index contributed by atoms with van der Waals surface area (Å²) in [5, 5.41) is 0. The molecule has 0 rings (SSSR count). The van der Waals surface area contributed by atoms with Crippen molar-refractivity contribution in [3.8, 4) is 0 Å². The van der Waals surface area contributed by atoms with E-state index >= 15 is 0 Å². The van der Waals surface area contributed by atoms with Gasteiger partial charge in [-0.05, 0) is 12.8 Å². The van der Waals surface area contributed by atoms with E-state index in [9.17, 15) is 0 Å². The van der Waals surface area contributed by atoms with Crippen LogP contribution in [0.2, 0.25) is 0 Å². The summed E-state index contributed by atoms with van der Waals surface area (Å²) in [5.74, 6) is 0. The minimum Gasteiger partial charge on any atom is -0.0933 e. The summed E-state index contributed by atoms with van der Waals surface area (Å²) in [6, 6.07) is 0. The highest BCUT2D eigenvalue weighted by molar-refractivity contribution is 6.25. The van der Waals surface area contributed by atoms with Gasteiger partial charge in [-0.15, -0.1) is 0 Å². The first kappa shape index (κ1) is 14.3. The van der Waals surface area contributed by atoms with E-state index < -0.39 is 0 Å². The fourth-order valence-electron chi connectivity index (χ4n) is 0.929. The monoisotopic (exact) mass is 186 g/mol. The molecule has 0 heterocycles. The SMILES string of the molecule is CCCCCCC/C=C/Cl.[MgH2]. The number of allylic oxidation sites excluding steroid dienone is 1. The topological polar surface area (TPSA) is 0 Å². The molecule has 0 fully saturated rings. The molecular formula is C9H19ClMg. The van der Waals surface area contributed by atoms with Crippen molar-refractivity contribution in [2.24, 2.45) is 0 Å². The minimum absolute atomic E-state index is 0. The van der Waals surface area contributed by atoms with Gasteiger partial charge < -0.3 is 0 Å². The van der Waals surface area contributed by atoms with Crippen LogP contribution in [0.4, 0.5) is 0 Å². The van der Waals surface area contributed by atoms with E-state index in [1.807, 2.05) is 6.08 Å². The smallest absolute Gasteiger partial charge is 0.0933 e. The van der Waals surface area contributed by atoms with Crippen LogP contribution in [0.1, 0.15) is 45.4 Å². The average Bonchev–Trinajstić information content (AvgIpc) is 1.97. The van der Waals surface area contributed by atoms with E-state index in [1.165, 1.54) is 32.1 Å². The molecule has 0 unspecified atom stereocenters. The molecule has 0 nitrogen and oxygen atoms in total. The fraction of sp³-hybridized carbons (Fsp3) is 0.778. The van der Waals surface area contributed by atoms with Crippen LogP contribution in [0, 0.1) is 0 Å². The van der Waals surface area contributed by atoms with Crippen LogP contribution in [-0.2, 0) is 0 Å². The van der Waals surface area contributed by atoms with E-state index in [1.54, 1.807) is 5.54 Å². The van der Waals surface area contributed by atoms with Crippen LogP contribution in [-0.4, -0.2) is 23.1 Å². The van der Waals surface area contributed by atoms with Crippen LogP contribution in [0.15, 0.2) is 11.6 Å². The summed E-state index contributed by atoms with van der Waals surface area (Å²) in [6.07, 6.45) is 9.90. The van der Waals surface area contributed by atoms with Crippen molar-refractivity contribution in [2.75, 3.05) is 0 Å². The normalized spacial score (nSPS) is 10.0. The Morgan fingerprint density at radius 2 is 1.73 bits per heavy atom. The molecule has 0 saturated heterocycles. The van der Waals surface area contributed by atoms with Gasteiger partial charge in [0, 0.05) is 5.54 Å². The maximum atomic E-state index is 5.36. The summed E-state index contributed by atoms with van der Waals surface area (Å²) in [4.78, 5) is 0. The lowest BCUT2D eigenvalue weighted by atomic mass is 10.1. The van der Waals surface area contributed by atoms with Gasteiger partial charge in [0.15, 0.2) is 0 Å². The number of hydrogen-bond donors (Lipinski definition) is 0. The van der Waals surface area contributed by atoms with E-state index in [4.69, 9.17) is 11.6 Å². The largest absolute Gasteiger partial charge is 0.316 e. The maximum Gasteiger partial charge on any atom is 0.316 e. The Kier molecular flexibility index (Phi) is 17.4. The summed E-state index contributed by atoms with van der Waals surface area (Å²) in [7, 11) is 0. The molecule has 64 valence electrons. The number of halogens is 1. The zero-order valence-electron chi connectivity index (χ0n) is 6.78. The highest BCUT2D eigenvalue weighted by atomic mass is 35.5. The van der Waals surface area contributed by atoms with Gasteiger partial charge in [0.25, 0.3) is 0 Å². The van der Waals surface area contributed by atoms with Crippen molar-refractivity contribution in [3.05, 3.63) is 11.6 Å². The highest BCUT2D eigenvalue weighted by Gasteiger charge is 1.85. The molecule has 2 heteroatoms. The Bertz CT molecular complexity index is 81.6. The van der Waals surface area contributed by atoms with Gasteiger partial charge in [-0.1, -0.05) is 50.3 Å². The molecule has 11 heavy (non-hydrogen) atoms. The van der Waals surface area contributed by atoms with Gasteiger partial charge in [-0.25, -0.2) is 0 Å². The van der Waals surface area contributed by atoms with Crippen LogP contribution in [0.3, 0.4) is 0 Å². The van der Waals surface area contributed by atoms with Crippen molar-refractivity contribution >= 4 is 34.7 Å². The predicted molar refractivity (Wildman–Crippen MR) is 56.9 cm³/mol. The summed E-state index contributed by atoms with van der Waals surface area (Å²) < 4.78 is 0. The number of rotatable bonds is 6. The van der Waals surface area contributed by atoms with Crippen LogP contribution in [0.5, 0.6) is 0 Å². The first-order valence-electron chi connectivity index (χ1n) is 4.17. The van der Waals surface area contributed by atoms with E-state index in [-0.39, 0.29) is 23.1 Å². The summed E-state index contributed by atoms with van der Waals surface area (Å²) in [6.45, 7) is 2.23. The molecule has 0 saturated carbocycles. The molecule has 0 aromatic rings. The quantitative estimate of drug-likeness (QED) is 0.442. The molecule has 0 aliphatic rings. The molecule has 0 bridgehead atoms. The zero-order chi connectivity index (χ0) is 7.66. The molecule has 0 aliphatic heterocycles. The Morgan fingerprint density at radius 1 is 1.09 bits per heavy atom. The lowest BCUT2D eigenvalue weighted by Crippen LogP contribution is -1.75. The van der Waals surface area contributed by atoms with Gasteiger partial charge in [-0.2, -0.15) is 0 Å². The first-order valence-corrected chi connectivity index (χ1v) is 4.60. The van der Waals surface area contributed by atoms with Gasteiger partial charge in [0.1, 0.15) is 0 Å².